The second-order valence-electron chi connectivity index (χ2n) is 6.69. The molecule has 0 unspecified atom stereocenters. The van der Waals surface area contributed by atoms with Crippen LogP contribution in [0.2, 0.25) is 0 Å². The van der Waals surface area contributed by atoms with Gasteiger partial charge in [0.2, 0.25) is 0 Å². The van der Waals surface area contributed by atoms with Crippen molar-refractivity contribution in [1.82, 2.24) is 0 Å². The van der Waals surface area contributed by atoms with E-state index in [4.69, 9.17) is 9.47 Å². The molecule has 0 saturated heterocycles. The fourth-order valence-electron chi connectivity index (χ4n) is 3.35. The van der Waals surface area contributed by atoms with Gasteiger partial charge < -0.3 is 9.47 Å². The van der Waals surface area contributed by atoms with Gasteiger partial charge in [-0.05, 0) is 26.3 Å². The Kier molecular flexibility index (Phi) is 3.08. The molecule has 3 atom stereocenters. The molecule has 1 aromatic carbocycles. The molecule has 0 spiro atoms. The Balaban J connectivity index is 1.98. The van der Waals surface area contributed by atoms with Gasteiger partial charge in [-0.2, -0.15) is 0 Å². The molecular weight excluding hydrogens is 266 g/mol. The molecular formula is C17H21NO3. The van der Waals surface area contributed by atoms with Crippen LogP contribution in [0.4, 0.5) is 0 Å². The number of esters is 1. The zero-order chi connectivity index (χ0) is 15.3. The largest absolute Gasteiger partial charge is 0.478 e. The SMILES string of the molecule is COC(=O)[C@@H]1[C@@H](c2ccccc2)[C@@]1(C)C1=NC(C)(C)CO1. The van der Waals surface area contributed by atoms with Crippen molar-refractivity contribution in [3.63, 3.8) is 0 Å². The van der Waals surface area contributed by atoms with Crippen molar-refractivity contribution in [2.75, 3.05) is 13.7 Å². The van der Waals surface area contributed by atoms with Crippen LogP contribution in [0.1, 0.15) is 32.3 Å². The van der Waals surface area contributed by atoms with E-state index in [-0.39, 0.29) is 23.3 Å². The van der Waals surface area contributed by atoms with Gasteiger partial charge in [-0.1, -0.05) is 30.3 Å². The zero-order valence-corrected chi connectivity index (χ0v) is 12.9. The Morgan fingerprint density at radius 2 is 1.95 bits per heavy atom. The van der Waals surface area contributed by atoms with Crippen LogP contribution in [-0.2, 0) is 14.3 Å². The van der Waals surface area contributed by atoms with Gasteiger partial charge in [-0.25, -0.2) is 4.99 Å². The van der Waals surface area contributed by atoms with Gasteiger partial charge in [0, 0.05) is 5.92 Å². The highest BCUT2D eigenvalue weighted by Crippen LogP contribution is 2.66. The van der Waals surface area contributed by atoms with Gasteiger partial charge in [0.15, 0.2) is 5.90 Å². The number of nitrogens with zero attached hydrogens (tertiary/aromatic N) is 1. The monoisotopic (exact) mass is 287 g/mol. The van der Waals surface area contributed by atoms with Gasteiger partial charge in [0.25, 0.3) is 0 Å². The third kappa shape index (κ3) is 2.13. The van der Waals surface area contributed by atoms with Crippen molar-refractivity contribution in [3.8, 4) is 0 Å². The zero-order valence-electron chi connectivity index (χ0n) is 12.9. The third-order valence-corrected chi connectivity index (χ3v) is 4.56. The second kappa shape index (κ2) is 4.58. The quantitative estimate of drug-likeness (QED) is 0.803. The number of carbonyl (C=O) groups excluding carboxylic acids is 1. The number of rotatable bonds is 3. The lowest BCUT2D eigenvalue weighted by molar-refractivity contribution is -0.142. The van der Waals surface area contributed by atoms with Gasteiger partial charge >= 0.3 is 5.97 Å². The molecule has 4 nitrogen and oxygen atoms in total. The van der Waals surface area contributed by atoms with E-state index in [9.17, 15) is 4.79 Å². The number of hydrogen-bond acceptors (Lipinski definition) is 4. The molecule has 2 aliphatic rings. The smallest absolute Gasteiger partial charge is 0.310 e. The summed E-state index contributed by atoms with van der Waals surface area (Å²) in [6, 6.07) is 10.1. The summed E-state index contributed by atoms with van der Waals surface area (Å²) in [4.78, 5) is 16.8. The first-order valence-corrected chi connectivity index (χ1v) is 7.26. The molecule has 0 bridgehead atoms. The van der Waals surface area contributed by atoms with E-state index in [2.05, 4.69) is 4.99 Å². The first kappa shape index (κ1) is 14.1. The molecule has 0 radical (unpaired) electrons. The van der Waals surface area contributed by atoms with E-state index >= 15 is 0 Å². The second-order valence-corrected chi connectivity index (χ2v) is 6.69. The lowest BCUT2D eigenvalue weighted by Crippen LogP contribution is -2.19. The Hall–Kier alpha value is -1.84. The normalized spacial score (nSPS) is 33.0. The lowest BCUT2D eigenvalue weighted by atomic mass is 10.0. The van der Waals surface area contributed by atoms with Crippen LogP contribution in [0.5, 0.6) is 0 Å². The van der Waals surface area contributed by atoms with E-state index in [1.54, 1.807) is 0 Å². The summed E-state index contributed by atoms with van der Waals surface area (Å²) in [6.07, 6.45) is 0. The first-order valence-electron chi connectivity index (χ1n) is 7.26. The van der Waals surface area contributed by atoms with Crippen LogP contribution >= 0.6 is 0 Å². The number of benzene rings is 1. The van der Waals surface area contributed by atoms with Crippen LogP contribution in [0, 0.1) is 11.3 Å². The lowest BCUT2D eigenvalue weighted by Gasteiger charge is -2.11. The van der Waals surface area contributed by atoms with Gasteiger partial charge in [-0.3, -0.25) is 4.79 Å². The molecule has 3 rings (SSSR count). The molecule has 1 fully saturated rings. The molecule has 1 heterocycles. The predicted octanol–water partition coefficient (Wildman–Crippen LogP) is 2.79. The molecule has 0 amide bonds. The number of carbonyl (C=O) groups is 1. The standard InChI is InChI=1S/C17H21NO3/c1-16(2)10-21-15(18-16)17(3)12(13(17)14(19)20-4)11-8-6-5-7-9-11/h5-9,12-13H,10H2,1-4H3/t12-,13+,17-/m1/s1. The van der Waals surface area contributed by atoms with Crippen molar-refractivity contribution >= 4 is 11.9 Å². The average molecular weight is 287 g/mol. The molecule has 4 heteroatoms. The maximum atomic E-state index is 12.2. The molecule has 0 aromatic heterocycles. The molecule has 112 valence electrons. The Bertz CT molecular complexity index is 593. The summed E-state index contributed by atoms with van der Waals surface area (Å²) in [7, 11) is 1.43. The summed E-state index contributed by atoms with van der Waals surface area (Å²) in [5.74, 6) is 0.343. The Morgan fingerprint density at radius 3 is 2.48 bits per heavy atom. The predicted molar refractivity (Wildman–Crippen MR) is 80.3 cm³/mol. The van der Waals surface area contributed by atoms with Crippen LogP contribution in [0.25, 0.3) is 0 Å². The summed E-state index contributed by atoms with van der Waals surface area (Å²) in [5, 5.41) is 0. The number of ether oxygens (including phenoxy) is 2. The summed E-state index contributed by atoms with van der Waals surface area (Å²) < 4.78 is 10.8. The Labute approximate surface area is 125 Å². The van der Waals surface area contributed by atoms with Gasteiger partial charge in [-0.15, -0.1) is 0 Å². The minimum Gasteiger partial charge on any atom is -0.478 e. The fourth-order valence-corrected chi connectivity index (χ4v) is 3.35. The van der Waals surface area contributed by atoms with Crippen LogP contribution in [0.3, 0.4) is 0 Å². The fraction of sp³-hybridized carbons (Fsp3) is 0.529. The van der Waals surface area contributed by atoms with E-state index in [1.807, 2.05) is 51.1 Å². The maximum absolute atomic E-state index is 12.2. The van der Waals surface area contributed by atoms with Crippen molar-refractivity contribution < 1.29 is 14.3 Å². The molecule has 1 aromatic rings. The highest BCUT2D eigenvalue weighted by Gasteiger charge is 2.71. The minimum absolute atomic E-state index is 0.0683. The third-order valence-electron chi connectivity index (χ3n) is 4.56. The summed E-state index contributed by atoms with van der Waals surface area (Å²) in [5.41, 5.74) is 0.511. The van der Waals surface area contributed by atoms with Crippen molar-refractivity contribution in [2.45, 2.75) is 32.2 Å². The van der Waals surface area contributed by atoms with Crippen molar-refractivity contribution in [2.24, 2.45) is 16.3 Å². The topological polar surface area (TPSA) is 47.9 Å². The number of methoxy groups -OCH3 is 1. The molecule has 1 aliphatic heterocycles. The van der Waals surface area contributed by atoms with E-state index in [0.29, 0.717) is 12.5 Å². The highest BCUT2D eigenvalue weighted by molar-refractivity contribution is 5.97. The van der Waals surface area contributed by atoms with Gasteiger partial charge in [0.1, 0.15) is 6.61 Å². The first-order chi connectivity index (χ1) is 9.90. The minimum atomic E-state index is -0.401. The van der Waals surface area contributed by atoms with E-state index in [1.165, 1.54) is 7.11 Å². The summed E-state index contributed by atoms with van der Waals surface area (Å²) >= 11 is 0. The number of hydrogen-bond donors (Lipinski definition) is 0. The van der Waals surface area contributed by atoms with Crippen LogP contribution < -0.4 is 0 Å². The van der Waals surface area contributed by atoms with Crippen molar-refractivity contribution in [3.05, 3.63) is 35.9 Å². The van der Waals surface area contributed by atoms with E-state index in [0.717, 1.165) is 5.56 Å². The summed E-state index contributed by atoms with van der Waals surface area (Å²) in [6.45, 7) is 6.69. The average Bonchev–Trinajstić information content (AvgIpc) is 2.94. The van der Waals surface area contributed by atoms with Crippen molar-refractivity contribution in [1.29, 1.82) is 0 Å². The molecule has 1 aliphatic carbocycles. The molecule has 0 N–H and O–H groups in total. The highest BCUT2D eigenvalue weighted by atomic mass is 16.5. The van der Waals surface area contributed by atoms with Crippen LogP contribution in [0.15, 0.2) is 35.3 Å². The van der Waals surface area contributed by atoms with Crippen LogP contribution in [-0.4, -0.2) is 31.1 Å². The maximum Gasteiger partial charge on any atom is 0.310 e. The molecule has 21 heavy (non-hydrogen) atoms. The molecule has 1 saturated carbocycles. The Morgan fingerprint density at radius 1 is 1.29 bits per heavy atom. The van der Waals surface area contributed by atoms with E-state index < -0.39 is 5.41 Å². The van der Waals surface area contributed by atoms with Gasteiger partial charge in [0.05, 0.1) is 24.0 Å². The number of aliphatic imine (C=N–C) groups is 1.